The summed E-state index contributed by atoms with van der Waals surface area (Å²) in [6.07, 6.45) is -4.44. The molecule has 0 radical (unpaired) electrons. The molecule has 0 spiro atoms. The Hall–Kier alpha value is -1.76. The number of nitrogens with zero attached hydrogens (tertiary/aromatic N) is 1. The lowest BCUT2D eigenvalue weighted by atomic mass is 10.2. The first-order valence-electron chi connectivity index (χ1n) is 5.71. The molecule has 0 atom stereocenters. The molecule has 1 aromatic carbocycles. The summed E-state index contributed by atoms with van der Waals surface area (Å²) in [5.41, 5.74) is 0.746. The van der Waals surface area contributed by atoms with Gasteiger partial charge in [0, 0.05) is 5.56 Å². The molecule has 108 valence electrons. The van der Waals surface area contributed by atoms with E-state index in [-0.39, 0.29) is 12.5 Å². The van der Waals surface area contributed by atoms with Gasteiger partial charge in [-0.2, -0.15) is 18.2 Å². The fourth-order valence-corrected chi connectivity index (χ4v) is 2.33. The summed E-state index contributed by atoms with van der Waals surface area (Å²) in [4.78, 5) is 3.88. The van der Waals surface area contributed by atoms with Crippen molar-refractivity contribution < 1.29 is 22.6 Å². The predicted octanol–water partition coefficient (Wildman–Crippen LogP) is 4.06. The number of methoxy groups -OCH3 is 1. The lowest BCUT2D eigenvalue weighted by molar-refractivity contribution is -0.137. The molecule has 1 heterocycles. The Morgan fingerprint density at radius 2 is 1.95 bits per heavy atom. The van der Waals surface area contributed by atoms with E-state index in [0.29, 0.717) is 22.0 Å². The molecule has 1 aromatic heterocycles. The molecule has 7 heteroatoms. The minimum atomic E-state index is -4.44. The van der Waals surface area contributed by atoms with E-state index in [1.165, 1.54) is 7.11 Å². The maximum Gasteiger partial charge on any atom is 0.443 e. The van der Waals surface area contributed by atoms with Gasteiger partial charge in [0.25, 0.3) is 0 Å². The summed E-state index contributed by atoms with van der Waals surface area (Å²) >= 11 is 0.574. The average Bonchev–Trinajstić information content (AvgIpc) is 2.78. The van der Waals surface area contributed by atoms with E-state index in [0.717, 1.165) is 5.56 Å². The third-order valence-corrected chi connectivity index (χ3v) is 3.55. The molecular formula is C13H12F3NO2S. The number of ether oxygens (including phenoxy) is 2. The molecule has 2 aromatic rings. The molecule has 0 fully saturated rings. The van der Waals surface area contributed by atoms with Crippen molar-refractivity contribution in [3.05, 3.63) is 39.7 Å². The zero-order chi connectivity index (χ0) is 14.8. The van der Waals surface area contributed by atoms with E-state index in [9.17, 15) is 13.2 Å². The van der Waals surface area contributed by atoms with Crippen molar-refractivity contribution >= 4 is 11.3 Å². The van der Waals surface area contributed by atoms with Crippen LogP contribution in [0.1, 0.15) is 15.4 Å². The van der Waals surface area contributed by atoms with Crippen LogP contribution in [0.25, 0.3) is 0 Å². The van der Waals surface area contributed by atoms with Crippen LogP contribution in [-0.2, 0) is 12.8 Å². The third-order valence-electron chi connectivity index (χ3n) is 2.55. The van der Waals surface area contributed by atoms with Crippen LogP contribution in [0.5, 0.6) is 11.6 Å². The molecule has 2 rings (SSSR count). The molecule has 0 aliphatic carbocycles. The van der Waals surface area contributed by atoms with E-state index in [2.05, 4.69) is 4.98 Å². The van der Waals surface area contributed by atoms with Crippen LogP contribution in [-0.4, -0.2) is 12.1 Å². The number of aryl methyl sites for hydroxylation is 1. The minimum absolute atomic E-state index is 0.00762. The molecule has 0 N–H and O–H groups in total. The smallest absolute Gasteiger partial charge is 0.443 e. The van der Waals surface area contributed by atoms with Gasteiger partial charge in [-0.3, -0.25) is 0 Å². The van der Waals surface area contributed by atoms with Crippen LogP contribution in [0.15, 0.2) is 24.3 Å². The zero-order valence-electron chi connectivity index (χ0n) is 10.8. The quantitative estimate of drug-likeness (QED) is 0.853. The summed E-state index contributed by atoms with van der Waals surface area (Å²) in [5.74, 6) is 0.629. The maximum atomic E-state index is 12.5. The largest absolute Gasteiger partial charge is 0.496 e. The topological polar surface area (TPSA) is 31.4 Å². The molecule has 0 bridgehead atoms. The van der Waals surface area contributed by atoms with E-state index in [4.69, 9.17) is 9.47 Å². The van der Waals surface area contributed by atoms with Gasteiger partial charge >= 0.3 is 6.18 Å². The molecule has 0 amide bonds. The first-order valence-corrected chi connectivity index (χ1v) is 6.52. The highest BCUT2D eigenvalue weighted by atomic mass is 32.1. The van der Waals surface area contributed by atoms with E-state index < -0.39 is 11.2 Å². The first-order chi connectivity index (χ1) is 9.41. The number of hydrogen-bond donors (Lipinski definition) is 0. The lowest BCUT2D eigenvalue weighted by Crippen LogP contribution is -2.04. The number of para-hydroxylation sites is 1. The monoisotopic (exact) mass is 303 g/mol. The first kappa shape index (κ1) is 14.6. The molecule has 0 aliphatic heterocycles. The second-order valence-electron chi connectivity index (χ2n) is 3.98. The highest BCUT2D eigenvalue weighted by Gasteiger charge is 2.35. The number of benzene rings is 1. The van der Waals surface area contributed by atoms with Crippen molar-refractivity contribution in [1.29, 1.82) is 0 Å². The van der Waals surface area contributed by atoms with Crippen molar-refractivity contribution in [2.24, 2.45) is 0 Å². The van der Waals surface area contributed by atoms with Gasteiger partial charge < -0.3 is 9.47 Å². The summed E-state index contributed by atoms with van der Waals surface area (Å²) in [6.45, 7) is 1.65. The van der Waals surface area contributed by atoms with E-state index >= 15 is 0 Å². The highest BCUT2D eigenvalue weighted by molar-refractivity contribution is 7.11. The fourth-order valence-electron chi connectivity index (χ4n) is 1.61. The molecule has 0 unspecified atom stereocenters. The van der Waals surface area contributed by atoms with Gasteiger partial charge in [-0.15, -0.1) is 11.3 Å². The number of rotatable bonds is 4. The standard InChI is InChI=1S/C13H12F3NO2S/c1-8-11(17-12(20-8)13(14,15)16)19-7-9-5-3-4-6-10(9)18-2/h3-6H,7H2,1-2H3. The average molecular weight is 303 g/mol. The second kappa shape index (κ2) is 5.70. The summed E-state index contributed by atoms with van der Waals surface area (Å²) in [6, 6.07) is 7.15. The van der Waals surface area contributed by atoms with Crippen molar-refractivity contribution in [3.8, 4) is 11.6 Å². The summed E-state index contributed by atoms with van der Waals surface area (Å²) < 4.78 is 48.1. The predicted molar refractivity (Wildman–Crippen MR) is 69.2 cm³/mol. The van der Waals surface area contributed by atoms with E-state index in [1.807, 2.05) is 0 Å². The second-order valence-corrected chi connectivity index (χ2v) is 5.18. The fraction of sp³-hybridized carbons (Fsp3) is 0.308. The Kier molecular flexibility index (Phi) is 4.17. The summed E-state index contributed by atoms with van der Waals surface area (Å²) in [7, 11) is 1.52. The SMILES string of the molecule is COc1ccccc1COc1nc(C(F)(F)F)sc1C. The van der Waals surface area contributed by atoms with Gasteiger partial charge in [0.05, 0.1) is 12.0 Å². The van der Waals surface area contributed by atoms with E-state index in [1.54, 1.807) is 31.2 Å². The molecule has 0 saturated carbocycles. The Morgan fingerprint density at radius 1 is 1.25 bits per heavy atom. The number of halogens is 3. The van der Waals surface area contributed by atoms with Crippen molar-refractivity contribution in [1.82, 2.24) is 4.98 Å². The number of alkyl halides is 3. The number of hydrogen-bond acceptors (Lipinski definition) is 4. The molecular weight excluding hydrogens is 291 g/mol. The van der Waals surface area contributed by atoms with Crippen LogP contribution < -0.4 is 9.47 Å². The highest BCUT2D eigenvalue weighted by Crippen LogP contribution is 2.36. The van der Waals surface area contributed by atoms with Gasteiger partial charge in [0.15, 0.2) is 0 Å². The van der Waals surface area contributed by atoms with Crippen LogP contribution in [0.2, 0.25) is 0 Å². The van der Waals surface area contributed by atoms with Crippen molar-refractivity contribution in [3.63, 3.8) is 0 Å². The summed E-state index contributed by atoms with van der Waals surface area (Å²) in [5, 5.41) is -0.898. The maximum absolute atomic E-state index is 12.5. The third kappa shape index (κ3) is 3.22. The lowest BCUT2D eigenvalue weighted by Gasteiger charge is -2.08. The van der Waals surface area contributed by atoms with Crippen molar-refractivity contribution in [2.45, 2.75) is 19.7 Å². The Labute approximate surface area is 118 Å². The Balaban J connectivity index is 2.13. The Bertz CT molecular complexity index is 596. The van der Waals surface area contributed by atoms with Crippen molar-refractivity contribution in [2.75, 3.05) is 7.11 Å². The van der Waals surface area contributed by atoms with Gasteiger partial charge in [-0.25, -0.2) is 0 Å². The normalized spacial score (nSPS) is 11.4. The van der Waals surface area contributed by atoms with Gasteiger partial charge in [-0.1, -0.05) is 18.2 Å². The Morgan fingerprint density at radius 3 is 2.55 bits per heavy atom. The van der Waals surface area contributed by atoms with Gasteiger partial charge in [0.2, 0.25) is 10.9 Å². The van der Waals surface area contributed by atoms with Crippen LogP contribution >= 0.6 is 11.3 Å². The van der Waals surface area contributed by atoms with Crippen LogP contribution in [0.3, 0.4) is 0 Å². The molecule has 0 aliphatic rings. The van der Waals surface area contributed by atoms with Gasteiger partial charge in [-0.05, 0) is 13.0 Å². The minimum Gasteiger partial charge on any atom is -0.496 e. The molecule has 0 saturated heterocycles. The molecule has 3 nitrogen and oxygen atoms in total. The van der Waals surface area contributed by atoms with Crippen LogP contribution in [0.4, 0.5) is 13.2 Å². The van der Waals surface area contributed by atoms with Gasteiger partial charge in [0.1, 0.15) is 12.4 Å². The molecule has 20 heavy (non-hydrogen) atoms. The number of aromatic nitrogens is 1. The van der Waals surface area contributed by atoms with Crippen LogP contribution in [0, 0.1) is 6.92 Å². The zero-order valence-corrected chi connectivity index (χ0v) is 11.6. The number of thiazole rings is 1.